The predicted octanol–water partition coefficient (Wildman–Crippen LogP) is 2.47. The number of carbonyl (C=O) groups excluding carboxylic acids is 1. The summed E-state index contributed by atoms with van der Waals surface area (Å²) >= 11 is 0. The summed E-state index contributed by atoms with van der Waals surface area (Å²) < 4.78 is 12.8. The molecular weight excluding hydrogens is 263 g/mol. The molecule has 0 radical (unpaired) electrons. The van der Waals surface area contributed by atoms with Crippen LogP contribution in [0.1, 0.15) is 20.3 Å². The number of halogens is 1. The smallest absolute Gasteiger partial charge is 0.326 e. The van der Waals surface area contributed by atoms with Gasteiger partial charge in [0.2, 0.25) is 0 Å². The maximum Gasteiger partial charge on any atom is 0.326 e. The highest BCUT2D eigenvalue weighted by molar-refractivity contribution is 5.93. The predicted molar refractivity (Wildman–Crippen MR) is 74.2 cm³/mol. The molecule has 20 heavy (non-hydrogen) atoms. The molecule has 1 aromatic carbocycles. The molecule has 0 spiro atoms. The molecule has 2 amide bonds. The van der Waals surface area contributed by atoms with E-state index in [1.807, 2.05) is 13.8 Å². The summed E-state index contributed by atoms with van der Waals surface area (Å²) in [7, 11) is 1.50. The Labute approximate surface area is 117 Å². The zero-order chi connectivity index (χ0) is 15.3. The van der Waals surface area contributed by atoms with Gasteiger partial charge in [-0.05, 0) is 36.6 Å². The van der Waals surface area contributed by atoms with Crippen molar-refractivity contribution in [2.45, 2.75) is 26.3 Å². The van der Waals surface area contributed by atoms with Crippen LogP contribution >= 0.6 is 0 Å². The van der Waals surface area contributed by atoms with E-state index in [1.54, 1.807) is 0 Å². The highest BCUT2D eigenvalue weighted by atomic mass is 19.1. The summed E-state index contributed by atoms with van der Waals surface area (Å²) in [5.74, 6) is -1.32. The third-order valence-corrected chi connectivity index (χ3v) is 2.82. The van der Waals surface area contributed by atoms with Gasteiger partial charge in [-0.2, -0.15) is 0 Å². The largest absolute Gasteiger partial charge is 0.480 e. The van der Waals surface area contributed by atoms with Crippen LogP contribution in [-0.2, 0) is 4.79 Å². The third kappa shape index (κ3) is 4.53. The number of urea groups is 1. The van der Waals surface area contributed by atoms with E-state index in [4.69, 9.17) is 5.11 Å². The molecule has 0 heterocycles. The fourth-order valence-electron chi connectivity index (χ4n) is 1.72. The van der Waals surface area contributed by atoms with Gasteiger partial charge in [0.15, 0.2) is 0 Å². The number of anilines is 1. The van der Waals surface area contributed by atoms with Crippen molar-refractivity contribution in [3.63, 3.8) is 0 Å². The lowest BCUT2D eigenvalue weighted by Crippen LogP contribution is -2.47. The molecule has 0 aliphatic heterocycles. The second-order valence-corrected chi connectivity index (χ2v) is 5.01. The van der Waals surface area contributed by atoms with Crippen LogP contribution in [0.5, 0.6) is 0 Å². The molecule has 6 heteroatoms. The minimum absolute atomic E-state index is 0.146. The van der Waals surface area contributed by atoms with Crippen LogP contribution in [0.15, 0.2) is 24.3 Å². The minimum Gasteiger partial charge on any atom is -0.480 e. The number of rotatable bonds is 5. The van der Waals surface area contributed by atoms with Crippen molar-refractivity contribution in [2.24, 2.45) is 5.92 Å². The summed E-state index contributed by atoms with van der Waals surface area (Å²) in [6, 6.07) is 3.90. The summed E-state index contributed by atoms with van der Waals surface area (Å²) in [4.78, 5) is 24.3. The molecule has 0 saturated carbocycles. The lowest BCUT2D eigenvalue weighted by Gasteiger charge is -2.22. The van der Waals surface area contributed by atoms with Crippen molar-refractivity contribution in [3.8, 4) is 0 Å². The van der Waals surface area contributed by atoms with Crippen LogP contribution in [0, 0.1) is 11.7 Å². The van der Waals surface area contributed by atoms with Gasteiger partial charge in [0.25, 0.3) is 0 Å². The molecule has 0 bridgehead atoms. The van der Waals surface area contributed by atoms with Gasteiger partial charge in [-0.3, -0.25) is 4.90 Å². The van der Waals surface area contributed by atoms with Crippen LogP contribution in [0.4, 0.5) is 14.9 Å². The van der Waals surface area contributed by atoms with E-state index < -0.39 is 23.9 Å². The quantitative estimate of drug-likeness (QED) is 0.871. The Hall–Kier alpha value is -2.11. The fourth-order valence-corrected chi connectivity index (χ4v) is 1.72. The first kappa shape index (κ1) is 15.9. The highest BCUT2D eigenvalue weighted by Gasteiger charge is 2.23. The van der Waals surface area contributed by atoms with Gasteiger partial charge in [-0.25, -0.2) is 14.0 Å². The van der Waals surface area contributed by atoms with Crippen molar-refractivity contribution in [2.75, 3.05) is 11.9 Å². The molecule has 0 aliphatic carbocycles. The summed E-state index contributed by atoms with van der Waals surface area (Å²) in [6.45, 7) is 3.76. The topological polar surface area (TPSA) is 69.6 Å². The molecule has 110 valence electrons. The second kappa shape index (κ2) is 6.88. The van der Waals surface area contributed by atoms with Gasteiger partial charge in [-0.1, -0.05) is 13.8 Å². The second-order valence-electron chi connectivity index (χ2n) is 5.01. The van der Waals surface area contributed by atoms with E-state index in [-0.39, 0.29) is 5.92 Å². The molecule has 0 aromatic heterocycles. The molecule has 5 nitrogen and oxygen atoms in total. The Morgan fingerprint density at radius 2 is 1.85 bits per heavy atom. The van der Waals surface area contributed by atoms with Crippen LogP contribution in [0.2, 0.25) is 0 Å². The Bertz CT molecular complexity index is 474. The zero-order valence-corrected chi connectivity index (χ0v) is 11.8. The van der Waals surface area contributed by atoms with E-state index in [0.717, 1.165) is 0 Å². The van der Waals surface area contributed by atoms with E-state index in [1.165, 1.54) is 36.2 Å². The Balaban J connectivity index is 2.73. The van der Waals surface area contributed by atoms with E-state index in [9.17, 15) is 14.0 Å². The molecule has 1 atom stereocenters. The van der Waals surface area contributed by atoms with Crippen molar-refractivity contribution >= 4 is 17.7 Å². The average Bonchev–Trinajstić information content (AvgIpc) is 2.37. The van der Waals surface area contributed by atoms with Crippen molar-refractivity contribution < 1.29 is 19.1 Å². The number of amides is 2. The van der Waals surface area contributed by atoms with Crippen molar-refractivity contribution in [1.29, 1.82) is 0 Å². The normalized spacial score (nSPS) is 12.1. The van der Waals surface area contributed by atoms with Crippen molar-refractivity contribution in [3.05, 3.63) is 30.1 Å². The average molecular weight is 282 g/mol. The maximum absolute atomic E-state index is 12.8. The molecule has 0 saturated heterocycles. The fraction of sp³-hybridized carbons (Fsp3) is 0.429. The van der Waals surface area contributed by atoms with Gasteiger partial charge < -0.3 is 10.4 Å². The number of benzene rings is 1. The minimum atomic E-state index is -1.07. The third-order valence-electron chi connectivity index (χ3n) is 2.82. The van der Waals surface area contributed by atoms with Crippen LogP contribution < -0.4 is 10.2 Å². The number of aliphatic carboxylic acids is 1. The number of hydrogen-bond acceptors (Lipinski definition) is 2. The van der Waals surface area contributed by atoms with Crippen LogP contribution in [-0.4, -0.2) is 30.2 Å². The first-order chi connectivity index (χ1) is 9.31. The molecular formula is C14H19FN2O3. The van der Waals surface area contributed by atoms with Gasteiger partial charge >= 0.3 is 12.0 Å². The molecule has 0 fully saturated rings. The Morgan fingerprint density at radius 3 is 2.30 bits per heavy atom. The summed E-state index contributed by atoms with van der Waals surface area (Å²) in [5, 5.41) is 11.5. The SMILES string of the molecule is CC(C)CC(NC(=O)N(C)c1ccc(F)cc1)C(=O)O. The first-order valence-corrected chi connectivity index (χ1v) is 6.34. The zero-order valence-electron chi connectivity index (χ0n) is 11.8. The van der Waals surface area contributed by atoms with Gasteiger partial charge in [0.1, 0.15) is 11.9 Å². The highest BCUT2D eigenvalue weighted by Crippen LogP contribution is 2.14. The summed E-state index contributed by atoms with van der Waals surface area (Å²) in [5.41, 5.74) is 0.484. The van der Waals surface area contributed by atoms with Gasteiger partial charge in [0, 0.05) is 12.7 Å². The number of hydrogen-bond donors (Lipinski definition) is 2. The monoisotopic (exact) mass is 282 g/mol. The first-order valence-electron chi connectivity index (χ1n) is 6.34. The van der Waals surface area contributed by atoms with E-state index in [0.29, 0.717) is 12.1 Å². The molecule has 0 aliphatic rings. The van der Waals surface area contributed by atoms with Gasteiger partial charge in [-0.15, -0.1) is 0 Å². The lowest BCUT2D eigenvalue weighted by molar-refractivity contribution is -0.139. The van der Waals surface area contributed by atoms with Crippen LogP contribution in [0.3, 0.4) is 0 Å². The molecule has 1 aromatic rings. The Kier molecular flexibility index (Phi) is 5.49. The Morgan fingerprint density at radius 1 is 1.30 bits per heavy atom. The molecule has 2 N–H and O–H groups in total. The summed E-state index contributed by atoms with van der Waals surface area (Å²) in [6.07, 6.45) is 0.346. The van der Waals surface area contributed by atoms with Crippen molar-refractivity contribution in [1.82, 2.24) is 5.32 Å². The number of carbonyl (C=O) groups is 2. The number of carboxylic acids is 1. The standard InChI is InChI=1S/C14H19FN2O3/c1-9(2)8-12(13(18)19)16-14(20)17(3)11-6-4-10(15)5-7-11/h4-7,9,12H,8H2,1-3H3,(H,16,20)(H,18,19). The number of nitrogens with one attached hydrogen (secondary N) is 1. The lowest BCUT2D eigenvalue weighted by atomic mass is 10.0. The van der Waals surface area contributed by atoms with E-state index in [2.05, 4.69) is 5.32 Å². The van der Waals surface area contributed by atoms with Crippen LogP contribution in [0.25, 0.3) is 0 Å². The number of nitrogens with zero attached hydrogens (tertiary/aromatic N) is 1. The number of carboxylic acid groups (broad SMARTS) is 1. The maximum atomic E-state index is 12.8. The van der Waals surface area contributed by atoms with Gasteiger partial charge in [0.05, 0.1) is 0 Å². The molecule has 1 rings (SSSR count). The van der Waals surface area contributed by atoms with E-state index >= 15 is 0 Å². The molecule has 1 unspecified atom stereocenters.